The van der Waals surface area contributed by atoms with Gasteiger partial charge in [-0.05, 0) is 60.5 Å². The Hall–Kier alpha value is -3.23. The number of hydrogen-bond acceptors (Lipinski definition) is 2. The van der Waals surface area contributed by atoms with Crippen LogP contribution in [0.4, 0.5) is 5.69 Å². The van der Waals surface area contributed by atoms with Crippen molar-refractivity contribution >= 4 is 46.6 Å². The fourth-order valence-corrected chi connectivity index (χ4v) is 3.07. The molecule has 3 heteroatoms. The van der Waals surface area contributed by atoms with Gasteiger partial charge in [-0.15, -0.1) is 0 Å². The van der Waals surface area contributed by atoms with Crippen molar-refractivity contribution in [3.8, 4) is 0 Å². The summed E-state index contributed by atoms with van der Waals surface area (Å²) in [5, 5.41) is 1.78. The van der Waals surface area contributed by atoms with Crippen molar-refractivity contribution in [3.63, 3.8) is 0 Å². The third-order valence-electron chi connectivity index (χ3n) is 4.43. The summed E-state index contributed by atoms with van der Waals surface area (Å²) in [6, 6.07) is 26.2. The average molecular weight is 383 g/mol. The summed E-state index contributed by atoms with van der Waals surface area (Å²) >= 11 is 6.07. The summed E-state index contributed by atoms with van der Waals surface area (Å²) in [6.07, 6.45) is 5.96. The minimum Gasteiger partial charge on any atom is -0.256 e. The Bertz CT molecular complexity index is 1170. The molecule has 0 N–H and O–H groups in total. The zero-order valence-electron chi connectivity index (χ0n) is 15.5. The molecule has 0 amide bonds. The third kappa shape index (κ3) is 4.54. The Morgan fingerprint density at radius 2 is 1.61 bits per heavy atom. The Kier molecular flexibility index (Phi) is 5.31. The maximum atomic E-state index is 6.07. The van der Waals surface area contributed by atoms with Crippen LogP contribution in [0.1, 0.15) is 22.4 Å². The van der Waals surface area contributed by atoms with Gasteiger partial charge in [0.1, 0.15) is 0 Å². The van der Waals surface area contributed by atoms with E-state index < -0.39 is 0 Å². The molecule has 1 heterocycles. The van der Waals surface area contributed by atoms with Gasteiger partial charge in [0.05, 0.1) is 16.9 Å². The number of fused-ring (bicyclic) bond motifs is 1. The van der Waals surface area contributed by atoms with Gasteiger partial charge in [-0.1, -0.05) is 65.7 Å². The molecule has 0 fully saturated rings. The van der Waals surface area contributed by atoms with Crippen LogP contribution in [-0.4, -0.2) is 11.2 Å². The number of aliphatic imine (C=N–C) groups is 1. The van der Waals surface area contributed by atoms with E-state index in [1.165, 1.54) is 5.56 Å². The van der Waals surface area contributed by atoms with Crippen LogP contribution in [0.3, 0.4) is 0 Å². The zero-order chi connectivity index (χ0) is 19.3. The first kappa shape index (κ1) is 18.1. The molecule has 136 valence electrons. The van der Waals surface area contributed by atoms with E-state index >= 15 is 0 Å². The number of rotatable bonds is 4. The Balaban J connectivity index is 1.53. The van der Waals surface area contributed by atoms with Gasteiger partial charge >= 0.3 is 0 Å². The topological polar surface area (TPSA) is 25.2 Å². The second kappa shape index (κ2) is 8.20. The standard InChI is InChI=1S/C25H19ClN2/c1-18-5-11-23(12-6-18)27-17-20-4-2-3-19(15-20)7-13-24-14-9-21-8-10-22(26)16-25(21)28-24/h2-17H,1H3/b13-7+,27-17?. The molecule has 0 bridgehead atoms. The summed E-state index contributed by atoms with van der Waals surface area (Å²) in [5.41, 5.74) is 6.13. The van der Waals surface area contributed by atoms with E-state index in [-0.39, 0.29) is 0 Å². The smallest absolute Gasteiger partial charge is 0.0724 e. The molecule has 2 nitrogen and oxygen atoms in total. The molecule has 0 radical (unpaired) electrons. The molecule has 0 unspecified atom stereocenters. The first-order valence-electron chi connectivity index (χ1n) is 9.11. The minimum atomic E-state index is 0.696. The van der Waals surface area contributed by atoms with Gasteiger partial charge in [-0.3, -0.25) is 4.99 Å². The van der Waals surface area contributed by atoms with Crippen LogP contribution in [0.2, 0.25) is 5.02 Å². The van der Waals surface area contributed by atoms with E-state index in [4.69, 9.17) is 11.6 Å². The molecule has 0 saturated heterocycles. The highest BCUT2D eigenvalue weighted by Crippen LogP contribution is 2.19. The number of aryl methyl sites for hydroxylation is 1. The number of hydrogen-bond donors (Lipinski definition) is 0. The van der Waals surface area contributed by atoms with Crippen LogP contribution in [0, 0.1) is 6.92 Å². The highest BCUT2D eigenvalue weighted by molar-refractivity contribution is 6.31. The molecular formula is C25H19ClN2. The van der Waals surface area contributed by atoms with Gasteiger partial charge in [-0.25, -0.2) is 4.98 Å². The van der Waals surface area contributed by atoms with E-state index in [1.54, 1.807) is 0 Å². The molecule has 4 aromatic rings. The predicted molar refractivity (Wildman–Crippen MR) is 121 cm³/mol. The molecular weight excluding hydrogens is 364 g/mol. The van der Waals surface area contributed by atoms with Crippen molar-refractivity contribution in [3.05, 3.63) is 106 Å². The maximum absolute atomic E-state index is 6.07. The van der Waals surface area contributed by atoms with Crippen molar-refractivity contribution in [1.82, 2.24) is 4.98 Å². The largest absolute Gasteiger partial charge is 0.256 e. The molecule has 0 aliphatic heterocycles. The lowest BCUT2D eigenvalue weighted by atomic mass is 10.1. The molecule has 0 spiro atoms. The van der Waals surface area contributed by atoms with E-state index in [0.29, 0.717) is 5.02 Å². The predicted octanol–water partition coefficient (Wildman–Crippen LogP) is 7.12. The Labute approximate surface area is 169 Å². The van der Waals surface area contributed by atoms with Crippen LogP contribution in [0.25, 0.3) is 23.1 Å². The Morgan fingerprint density at radius 3 is 2.46 bits per heavy atom. The van der Waals surface area contributed by atoms with Crippen LogP contribution in [0.5, 0.6) is 0 Å². The van der Waals surface area contributed by atoms with Gasteiger partial charge < -0.3 is 0 Å². The van der Waals surface area contributed by atoms with E-state index in [0.717, 1.165) is 33.4 Å². The normalized spacial score (nSPS) is 11.6. The molecule has 0 saturated carbocycles. The van der Waals surface area contributed by atoms with Crippen molar-refractivity contribution in [2.24, 2.45) is 4.99 Å². The summed E-state index contributed by atoms with van der Waals surface area (Å²) in [7, 11) is 0. The van der Waals surface area contributed by atoms with Crippen LogP contribution >= 0.6 is 11.6 Å². The van der Waals surface area contributed by atoms with Crippen LogP contribution < -0.4 is 0 Å². The van der Waals surface area contributed by atoms with Crippen molar-refractivity contribution < 1.29 is 0 Å². The fraction of sp³-hybridized carbons (Fsp3) is 0.0400. The first-order chi connectivity index (χ1) is 13.7. The Morgan fingerprint density at radius 1 is 0.821 bits per heavy atom. The monoisotopic (exact) mass is 382 g/mol. The molecule has 3 aromatic carbocycles. The zero-order valence-corrected chi connectivity index (χ0v) is 16.3. The molecule has 0 atom stereocenters. The van der Waals surface area contributed by atoms with Crippen LogP contribution in [0.15, 0.2) is 83.9 Å². The summed E-state index contributed by atoms with van der Waals surface area (Å²) < 4.78 is 0. The molecule has 28 heavy (non-hydrogen) atoms. The van der Waals surface area contributed by atoms with E-state index in [1.807, 2.05) is 60.8 Å². The van der Waals surface area contributed by atoms with E-state index in [2.05, 4.69) is 53.3 Å². The lowest BCUT2D eigenvalue weighted by Crippen LogP contribution is -1.84. The van der Waals surface area contributed by atoms with Crippen LogP contribution in [-0.2, 0) is 0 Å². The van der Waals surface area contributed by atoms with Gasteiger partial charge in [-0.2, -0.15) is 0 Å². The number of pyridine rings is 1. The number of aromatic nitrogens is 1. The molecule has 0 aliphatic rings. The summed E-state index contributed by atoms with van der Waals surface area (Å²) in [5.74, 6) is 0. The van der Waals surface area contributed by atoms with Crippen molar-refractivity contribution in [1.29, 1.82) is 0 Å². The highest BCUT2D eigenvalue weighted by Gasteiger charge is 1.98. The number of halogens is 1. The minimum absolute atomic E-state index is 0.696. The molecule has 0 aliphatic carbocycles. The lowest BCUT2D eigenvalue weighted by molar-refractivity contribution is 1.37. The quantitative estimate of drug-likeness (QED) is 0.345. The van der Waals surface area contributed by atoms with Gasteiger partial charge in [0.25, 0.3) is 0 Å². The first-order valence-corrected chi connectivity index (χ1v) is 9.49. The van der Waals surface area contributed by atoms with Crippen molar-refractivity contribution in [2.45, 2.75) is 6.92 Å². The third-order valence-corrected chi connectivity index (χ3v) is 4.66. The average Bonchev–Trinajstić information content (AvgIpc) is 2.72. The second-order valence-electron chi connectivity index (χ2n) is 6.67. The SMILES string of the molecule is Cc1ccc(N=Cc2cccc(/C=C/c3ccc4ccc(Cl)cc4n3)c2)cc1. The maximum Gasteiger partial charge on any atom is 0.0724 e. The fourth-order valence-electron chi connectivity index (χ4n) is 2.90. The van der Waals surface area contributed by atoms with Crippen molar-refractivity contribution in [2.75, 3.05) is 0 Å². The summed E-state index contributed by atoms with van der Waals surface area (Å²) in [4.78, 5) is 9.20. The van der Waals surface area contributed by atoms with E-state index in [9.17, 15) is 0 Å². The highest BCUT2D eigenvalue weighted by atomic mass is 35.5. The molecule has 1 aromatic heterocycles. The number of benzene rings is 3. The van der Waals surface area contributed by atoms with Gasteiger partial charge in [0, 0.05) is 16.6 Å². The lowest BCUT2D eigenvalue weighted by Gasteiger charge is -2.00. The van der Waals surface area contributed by atoms with Gasteiger partial charge in [0.15, 0.2) is 0 Å². The molecule has 4 rings (SSSR count). The number of nitrogens with zero attached hydrogens (tertiary/aromatic N) is 2. The summed E-state index contributed by atoms with van der Waals surface area (Å²) in [6.45, 7) is 2.07. The van der Waals surface area contributed by atoms with Gasteiger partial charge in [0.2, 0.25) is 0 Å². The second-order valence-corrected chi connectivity index (χ2v) is 7.11.